The maximum Gasteiger partial charge on any atom is 0.260 e. The summed E-state index contributed by atoms with van der Waals surface area (Å²) in [6, 6.07) is 13.0. The van der Waals surface area contributed by atoms with Gasteiger partial charge in [-0.05, 0) is 43.2 Å². The number of hydrogen-bond donors (Lipinski definition) is 2. The lowest BCUT2D eigenvalue weighted by Crippen LogP contribution is -2.32. The van der Waals surface area contributed by atoms with E-state index in [-0.39, 0.29) is 30.8 Å². The number of hydrogen-bond acceptors (Lipinski definition) is 4. The number of carbonyl (C=O) groups is 2. The van der Waals surface area contributed by atoms with Crippen molar-refractivity contribution >= 4 is 17.5 Å². The Morgan fingerprint density at radius 1 is 1.04 bits per heavy atom. The van der Waals surface area contributed by atoms with E-state index in [1.165, 1.54) is 24.3 Å². The van der Waals surface area contributed by atoms with Crippen molar-refractivity contribution in [3.63, 3.8) is 0 Å². The van der Waals surface area contributed by atoms with E-state index in [1.54, 1.807) is 0 Å². The number of nitrogens with zero attached hydrogens (tertiary/aromatic N) is 1. The van der Waals surface area contributed by atoms with Gasteiger partial charge in [0.15, 0.2) is 6.61 Å². The number of anilines is 1. The van der Waals surface area contributed by atoms with Crippen molar-refractivity contribution in [2.75, 3.05) is 31.6 Å². The van der Waals surface area contributed by atoms with Crippen LogP contribution in [-0.2, 0) is 16.1 Å². The molecule has 0 atom stereocenters. The highest BCUT2D eigenvalue weighted by Crippen LogP contribution is 2.18. The second kappa shape index (κ2) is 9.85. The molecule has 1 aliphatic heterocycles. The fourth-order valence-electron chi connectivity index (χ4n) is 3.04. The van der Waals surface area contributed by atoms with E-state index >= 15 is 0 Å². The monoisotopic (exact) mass is 385 g/mol. The van der Waals surface area contributed by atoms with Crippen LogP contribution in [0.2, 0.25) is 0 Å². The van der Waals surface area contributed by atoms with E-state index in [0.717, 1.165) is 31.5 Å². The van der Waals surface area contributed by atoms with Crippen LogP contribution in [0, 0.1) is 5.82 Å². The maximum absolute atomic E-state index is 12.9. The number of para-hydroxylation sites is 1. The Kier molecular flexibility index (Phi) is 6.97. The summed E-state index contributed by atoms with van der Waals surface area (Å²) in [7, 11) is 0. The van der Waals surface area contributed by atoms with E-state index in [9.17, 15) is 14.0 Å². The smallest absolute Gasteiger partial charge is 0.260 e. The van der Waals surface area contributed by atoms with Crippen LogP contribution in [0.3, 0.4) is 0 Å². The number of amides is 2. The quantitative estimate of drug-likeness (QED) is 0.733. The first-order valence-electron chi connectivity index (χ1n) is 9.36. The van der Waals surface area contributed by atoms with Crippen molar-refractivity contribution in [2.45, 2.75) is 19.4 Å². The molecule has 2 N–H and O–H groups in total. The van der Waals surface area contributed by atoms with Gasteiger partial charge in [0, 0.05) is 30.9 Å². The van der Waals surface area contributed by atoms with Crippen LogP contribution in [0.15, 0.2) is 48.5 Å². The van der Waals surface area contributed by atoms with Gasteiger partial charge in [-0.1, -0.05) is 18.2 Å². The molecule has 0 saturated carbocycles. The van der Waals surface area contributed by atoms with Crippen molar-refractivity contribution in [2.24, 2.45) is 0 Å². The van der Waals surface area contributed by atoms with Gasteiger partial charge in [-0.15, -0.1) is 0 Å². The number of nitrogens with one attached hydrogen (secondary N) is 2. The summed E-state index contributed by atoms with van der Waals surface area (Å²) < 4.78 is 18.6. The Balaban J connectivity index is 1.45. The molecule has 0 bridgehead atoms. The van der Waals surface area contributed by atoms with Gasteiger partial charge in [0.1, 0.15) is 11.6 Å². The zero-order valence-corrected chi connectivity index (χ0v) is 15.6. The number of carbonyl (C=O) groups excluding carboxylic acids is 2. The van der Waals surface area contributed by atoms with Crippen LogP contribution in [0.1, 0.15) is 18.4 Å². The SMILES string of the molecule is O=C(CNCc1ccccc1OCC(=O)N1CCCC1)Nc1ccc(F)cc1. The van der Waals surface area contributed by atoms with E-state index in [4.69, 9.17) is 4.74 Å². The number of benzene rings is 2. The van der Waals surface area contributed by atoms with Gasteiger partial charge < -0.3 is 20.3 Å². The van der Waals surface area contributed by atoms with Crippen molar-refractivity contribution in [1.29, 1.82) is 0 Å². The Morgan fingerprint density at radius 2 is 1.75 bits per heavy atom. The fourth-order valence-corrected chi connectivity index (χ4v) is 3.04. The van der Waals surface area contributed by atoms with Gasteiger partial charge in [0.25, 0.3) is 5.91 Å². The molecule has 1 heterocycles. The first-order valence-corrected chi connectivity index (χ1v) is 9.36. The minimum Gasteiger partial charge on any atom is -0.483 e. The predicted octanol–water partition coefficient (Wildman–Crippen LogP) is 2.56. The lowest BCUT2D eigenvalue weighted by Gasteiger charge is -2.17. The number of rotatable bonds is 8. The highest BCUT2D eigenvalue weighted by molar-refractivity contribution is 5.92. The minimum absolute atomic E-state index is 0.000983. The molecular weight excluding hydrogens is 361 g/mol. The van der Waals surface area contributed by atoms with Crippen LogP contribution in [0.5, 0.6) is 5.75 Å². The van der Waals surface area contributed by atoms with E-state index in [2.05, 4.69) is 10.6 Å². The van der Waals surface area contributed by atoms with Gasteiger partial charge in [-0.2, -0.15) is 0 Å². The van der Waals surface area contributed by atoms with Gasteiger partial charge >= 0.3 is 0 Å². The average molecular weight is 385 g/mol. The summed E-state index contributed by atoms with van der Waals surface area (Å²) in [5, 5.41) is 5.75. The molecular formula is C21H24FN3O3. The molecule has 148 valence electrons. The average Bonchev–Trinajstić information content (AvgIpc) is 3.24. The Morgan fingerprint density at radius 3 is 2.50 bits per heavy atom. The van der Waals surface area contributed by atoms with Crippen molar-refractivity contribution in [3.8, 4) is 5.75 Å². The molecule has 3 rings (SSSR count). The molecule has 1 aliphatic rings. The van der Waals surface area contributed by atoms with Crippen LogP contribution >= 0.6 is 0 Å². The molecule has 28 heavy (non-hydrogen) atoms. The molecule has 1 fully saturated rings. The van der Waals surface area contributed by atoms with Gasteiger partial charge in [0.2, 0.25) is 5.91 Å². The lowest BCUT2D eigenvalue weighted by atomic mass is 10.2. The lowest BCUT2D eigenvalue weighted by molar-refractivity contribution is -0.132. The zero-order valence-electron chi connectivity index (χ0n) is 15.6. The van der Waals surface area contributed by atoms with Gasteiger partial charge in [-0.3, -0.25) is 9.59 Å². The first-order chi connectivity index (χ1) is 13.6. The molecule has 2 amide bonds. The Labute approximate surface area is 163 Å². The number of ether oxygens (including phenoxy) is 1. The second-order valence-electron chi connectivity index (χ2n) is 6.64. The second-order valence-corrected chi connectivity index (χ2v) is 6.64. The minimum atomic E-state index is -0.351. The topological polar surface area (TPSA) is 70.7 Å². The normalized spacial score (nSPS) is 13.4. The van der Waals surface area contributed by atoms with Gasteiger partial charge in [-0.25, -0.2) is 4.39 Å². The Hall–Kier alpha value is -2.93. The molecule has 0 aromatic heterocycles. The first kappa shape index (κ1) is 19.8. The highest BCUT2D eigenvalue weighted by atomic mass is 19.1. The maximum atomic E-state index is 12.9. The number of halogens is 1. The summed E-state index contributed by atoms with van der Waals surface area (Å²) in [6.07, 6.45) is 2.10. The third-order valence-electron chi connectivity index (χ3n) is 4.51. The van der Waals surface area contributed by atoms with Crippen LogP contribution < -0.4 is 15.4 Å². The van der Waals surface area contributed by atoms with Crippen molar-refractivity contribution in [3.05, 3.63) is 59.9 Å². The van der Waals surface area contributed by atoms with Crippen molar-refractivity contribution in [1.82, 2.24) is 10.2 Å². The summed E-state index contributed by atoms with van der Waals surface area (Å²) in [5.74, 6) is 0.0468. The third-order valence-corrected chi connectivity index (χ3v) is 4.51. The molecule has 7 heteroatoms. The fraction of sp³-hybridized carbons (Fsp3) is 0.333. The van der Waals surface area contributed by atoms with Crippen LogP contribution in [0.4, 0.5) is 10.1 Å². The molecule has 2 aromatic rings. The highest BCUT2D eigenvalue weighted by Gasteiger charge is 2.18. The predicted molar refractivity (Wildman–Crippen MR) is 104 cm³/mol. The van der Waals surface area contributed by atoms with E-state index < -0.39 is 0 Å². The summed E-state index contributed by atoms with van der Waals surface area (Å²) in [4.78, 5) is 25.9. The van der Waals surface area contributed by atoms with E-state index in [0.29, 0.717) is 18.0 Å². The molecule has 0 radical (unpaired) electrons. The third kappa shape index (κ3) is 5.79. The molecule has 6 nitrogen and oxygen atoms in total. The van der Waals surface area contributed by atoms with Crippen LogP contribution in [-0.4, -0.2) is 43.0 Å². The van der Waals surface area contributed by atoms with Crippen LogP contribution in [0.25, 0.3) is 0 Å². The summed E-state index contributed by atoms with van der Waals surface area (Å²) in [6.45, 7) is 2.13. The molecule has 2 aromatic carbocycles. The standard InChI is InChI=1S/C21H24FN3O3/c22-17-7-9-18(10-8-17)24-20(26)14-23-13-16-5-1-2-6-19(16)28-15-21(27)25-11-3-4-12-25/h1-2,5-10,23H,3-4,11-15H2,(H,24,26). The van der Waals surface area contributed by atoms with Gasteiger partial charge in [0.05, 0.1) is 6.54 Å². The summed E-state index contributed by atoms with van der Waals surface area (Å²) >= 11 is 0. The zero-order chi connectivity index (χ0) is 19.8. The molecule has 0 aliphatic carbocycles. The number of likely N-dealkylation sites (tertiary alicyclic amines) is 1. The summed E-state index contributed by atoms with van der Waals surface area (Å²) in [5.41, 5.74) is 1.41. The molecule has 1 saturated heterocycles. The molecule has 0 unspecified atom stereocenters. The largest absolute Gasteiger partial charge is 0.483 e. The van der Waals surface area contributed by atoms with E-state index in [1.807, 2.05) is 29.2 Å². The van der Waals surface area contributed by atoms with Crippen molar-refractivity contribution < 1.29 is 18.7 Å². The molecule has 0 spiro atoms. The Bertz CT molecular complexity index is 805.